The fourth-order valence-corrected chi connectivity index (χ4v) is 0.428. The quantitative estimate of drug-likeness (QED) is 0.509. The molecule has 2 radical (unpaired) electrons. The first kappa shape index (κ1) is 6.96. The van der Waals surface area contributed by atoms with Gasteiger partial charge in [-0.2, -0.15) is 0 Å². The van der Waals surface area contributed by atoms with Crippen LogP contribution in [0.5, 0.6) is 0 Å². The van der Waals surface area contributed by atoms with Gasteiger partial charge in [0, 0.05) is 0 Å². The molecular weight excluding hydrogens is 86.1 g/mol. The van der Waals surface area contributed by atoms with Gasteiger partial charge >= 0.3 is 0 Å². The first-order valence-corrected chi connectivity index (χ1v) is 2.66. The molecule has 0 amide bonds. The van der Waals surface area contributed by atoms with Crippen LogP contribution in [0.2, 0.25) is 0 Å². The first-order valence-electron chi connectivity index (χ1n) is 2.66. The summed E-state index contributed by atoms with van der Waals surface area (Å²) in [7, 11) is 0. The minimum absolute atomic E-state index is 0.875. The molecule has 0 aromatic carbocycles. The largest absolute Gasteiger partial charge is 0.304 e. The summed E-state index contributed by atoms with van der Waals surface area (Å²) in [5.41, 5.74) is 0. The van der Waals surface area contributed by atoms with Crippen LogP contribution >= 0.6 is 0 Å². The normalized spacial score (nSPS) is 10.3. The van der Waals surface area contributed by atoms with Crippen molar-refractivity contribution in [1.29, 1.82) is 0 Å². The molecular formula is C6H13N. The third-order valence-electron chi connectivity index (χ3n) is 1.08. The van der Waals surface area contributed by atoms with E-state index < -0.39 is 0 Å². The molecule has 0 aliphatic heterocycles. The fourth-order valence-electron chi connectivity index (χ4n) is 0.428. The minimum atomic E-state index is 0.875. The molecule has 0 atom stereocenters. The molecule has 0 N–H and O–H groups in total. The van der Waals surface area contributed by atoms with E-state index in [-0.39, 0.29) is 0 Å². The molecule has 0 unspecified atom stereocenters. The van der Waals surface area contributed by atoms with Gasteiger partial charge in [0.2, 0.25) is 0 Å². The number of rotatable bonds is 3. The average molecular weight is 99.2 g/mol. The van der Waals surface area contributed by atoms with Crippen LogP contribution in [0.15, 0.2) is 0 Å². The lowest BCUT2D eigenvalue weighted by Gasteiger charge is -2.13. The highest BCUT2D eigenvalue weighted by atomic mass is 15.1. The van der Waals surface area contributed by atoms with Crippen molar-refractivity contribution in [2.24, 2.45) is 0 Å². The van der Waals surface area contributed by atoms with Crippen LogP contribution < -0.4 is 0 Å². The second kappa shape index (κ2) is 4.13. The van der Waals surface area contributed by atoms with Gasteiger partial charge in [-0.15, -0.1) is 0 Å². The molecule has 0 aliphatic rings. The van der Waals surface area contributed by atoms with Crippen molar-refractivity contribution in [1.82, 2.24) is 4.90 Å². The molecule has 0 aliphatic carbocycles. The Labute approximate surface area is 46.3 Å². The Hall–Kier alpha value is -0.0400. The average Bonchev–Trinajstić information content (AvgIpc) is 1.72. The highest BCUT2D eigenvalue weighted by Crippen LogP contribution is 1.80. The van der Waals surface area contributed by atoms with Crippen molar-refractivity contribution in [3.05, 3.63) is 13.8 Å². The van der Waals surface area contributed by atoms with Crippen molar-refractivity contribution in [3.8, 4) is 0 Å². The Morgan fingerprint density at radius 3 is 1.71 bits per heavy atom. The summed E-state index contributed by atoms with van der Waals surface area (Å²) in [4.78, 5) is 2.15. The number of hydrogen-bond acceptors (Lipinski definition) is 1. The van der Waals surface area contributed by atoms with Gasteiger partial charge in [0.1, 0.15) is 0 Å². The van der Waals surface area contributed by atoms with Crippen molar-refractivity contribution in [2.75, 3.05) is 19.6 Å². The molecule has 0 heterocycles. The van der Waals surface area contributed by atoms with Crippen LogP contribution in [0.3, 0.4) is 0 Å². The topological polar surface area (TPSA) is 3.24 Å². The van der Waals surface area contributed by atoms with E-state index in [0.29, 0.717) is 0 Å². The standard InChI is InChI=1S/C6H13N/c1-4-7(5-2)6-3/h1-2,4-6H2,3H3. The van der Waals surface area contributed by atoms with E-state index in [1.54, 1.807) is 0 Å². The molecule has 0 saturated heterocycles. The Kier molecular flexibility index (Phi) is 4.10. The molecule has 0 bridgehead atoms. The second-order valence-electron chi connectivity index (χ2n) is 1.43. The van der Waals surface area contributed by atoms with Crippen LogP contribution in [-0.2, 0) is 0 Å². The van der Waals surface area contributed by atoms with Gasteiger partial charge in [0.25, 0.3) is 0 Å². The number of hydrogen-bond donors (Lipinski definition) is 0. The van der Waals surface area contributed by atoms with Gasteiger partial charge in [-0.05, 0) is 33.5 Å². The maximum Gasteiger partial charge on any atom is -0.00184 e. The van der Waals surface area contributed by atoms with Crippen molar-refractivity contribution in [3.63, 3.8) is 0 Å². The lowest BCUT2D eigenvalue weighted by molar-refractivity contribution is 0.351. The Morgan fingerprint density at radius 1 is 1.29 bits per heavy atom. The lowest BCUT2D eigenvalue weighted by Crippen LogP contribution is -2.22. The van der Waals surface area contributed by atoms with Crippen LogP contribution in [0.25, 0.3) is 0 Å². The SMILES string of the molecule is [CH2]CN(C[CH2])CC. The maximum absolute atomic E-state index is 3.71. The molecule has 0 aromatic rings. The number of nitrogens with zero attached hydrogens (tertiary/aromatic N) is 1. The van der Waals surface area contributed by atoms with Gasteiger partial charge in [-0.25, -0.2) is 0 Å². The van der Waals surface area contributed by atoms with Crippen molar-refractivity contribution < 1.29 is 0 Å². The van der Waals surface area contributed by atoms with Crippen molar-refractivity contribution in [2.45, 2.75) is 6.92 Å². The smallest absolute Gasteiger partial charge is 0.00184 e. The summed E-state index contributed by atoms with van der Waals surface area (Å²) < 4.78 is 0. The second-order valence-corrected chi connectivity index (χ2v) is 1.43. The Morgan fingerprint density at radius 2 is 1.71 bits per heavy atom. The lowest BCUT2D eigenvalue weighted by atomic mass is 10.5. The van der Waals surface area contributed by atoms with E-state index in [1.165, 1.54) is 0 Å². The maximum atomic E-state index is 3.71. The molecule has 0 rings (SSSR count). The molecule has 1 heteroatoms. The zero-order valence-electron chi connectivity index (χ0n) is 4.98. The highest BCUT2D eigenvalue weighted by Gasteiger charge is 1.89. The predicted octanol–water partition coefficient (Wildman–Crippen LogP) is 0.976. The van der Waals surface area contributed by atoms with Crippen molar-refractivity contribution >= 4 is 0 Å². The zero-order chi connectivity index (χ0) is 5.70. The van der Waals surface area contributed by atoms with E-state index in [0.717, 1.165) is 19.6 Å². The molecule has 0 fully saturated rings. The first-order chi connectivity index (χ1) is 3.35. The molecule has 0 aromatic heterocycles. The summed E-state index contributed by atoms with van der Waals surface area (Å²) in [5.74, 6) is 0. The van der Waals surface area contributed by atoms with Gasteiger partial charge in [-0.3, -0.25) is 0 Å². The van der Waals surface area contributed by atoms with Gasteiger partial charge < -0.3 is 4.90 Å². The van der Waals surface area contributed by atoms with Gasteiger partial charge in [0.05, 0.1) is 0 Å². The van der Waals surface area contributed by atoms with Gasteiger partial charge in [-0.1, -0.05) is 6.92 Å². The van der Waals surface area contributed by atoms with E-state index in [1.807, 2.05) is 0 Å². The van der Waals surface area contributed by atoms with Crippen LogP contribution in [-0.4, -0.2) is 24.5 Å². The minimum Gasteiger partial charge on any atom is -0.304 e. The molecule has 42 valence electrons. The summed E-state index contributed by atoms with van der Waals surface area (Å²) in [6, 6.07) is 0. The monoisotopic (exact) mass is 99.1 g/mol. The summed E-state index contributed by atoms with van der Waals surface area (Å²) >= 11 is 0. The summed E-state index contributed by atoms with van der Waals surface area (Å²) in [6.45, 7) is 12.3. The molecule has 7 heavy (non-hydrogen) atoms. The van der Waals surface area contributed by atoms with E-state index in [4.69, 9.17) is 0 Å². The molecule has 1 nitrogen and oxygen atoms in total. The molecule has 0 saturated carbocycles. The summed E-state index contributed by atoms with van der Waals surface area (Å²) in [6.07, 6.45) is 0. The molecule has 0 spiro atoms. The van der Waals surface area contributed by atoms with E-state index in [9.17, 15) is 0 Å². The van der Waals surface area contributed by atoms with E-state index in [2.05, 4.69) is 25.7 Å². The van der Waals surface area contributed by atoms with E-state index >= 15 is 0 Å². The summed E-state index contributed by atoms with van der Waals surface area (Å²) in [5, 5.41) is 0. The zero-order valence-corrected chi connectivity index (χ0v) is 4.98. The van der Waals surface area contributed by atoms with Crippen LogP contribution in [0.1, 0.15) is 6.92 Å². The predicted molar refractivity (Wildman–Crippen MR) is 32.8 cm³/mol. The highest BCUT2D eigenvalue weighted by molar-refractivity contribution is 4.55. The van der Waals surface area contributed by atoms with Gasteiger partial charge in [0.15, 0.2) is 0 Å². The van der Waals surface area contributed by atoms with Crippen LogP contribution in [0.4, 0.5) is 0 Å². The fraction of sp³-hybridized carbons (Fsp3) is 0.667. The Bertz CT molecular complexity index is 25.7. The Balaban J connectivity index is 2.99. The third kappa shape index (κ3) is 2.63. The third-order valence-corrected chi connectivity index (χ3v) is 1.08. The van der Waals surface area contributed by atoms with Crippen LogP contribution in [0, 0.1) is 13.8 Å².